The lowest BCUT2D eigenvalue weighted by atomic mass is 9.97. The van der Waals surface area contributed by atoms with Crippen molar-refractivity contribution < 1.29 is 4.42 Å². The van der Waals surface area contributed by atoms with E-state index in [2.05, 4.69) is 88.3 Å². The number of fused-ring (bicyclic) bond motifs is 6. The molecule has 0 aliphatic rings. The maximum atomic E-state index is 9.91. The van der Waals surface area contributed by atoms with E-state index in [0.29, 0.717) is 39.9 Å². The van der Waals surface area contributed by atoms with E-state index in [-0.39, 0.29) is 0 Å². The molecule has 0 saturated carbocycles. The Morgan fingerprint density at radius 1 is 0.400 bits per heavy atom. The van der Waals surface area contributed by atoms with Gasteiger partial charge in [0.05, 0.1) is 52.6 Å². The molecule has 0 N–H and O–H groups in total. The van der Waals surface area contributed by atoms with Crippen LogP contribution in [0.3, 0.4) is 0 Å². The molecule has 9 aromatic carbocycles. The fraction of sp³-hybridized carbons (Fsp3) is 0. The summed E-state index contributed by atoms with van der Waals surface area (Å²) in [7, 11) is 0. The van der Waals surface area contributed by atoms with Crippen molar-refractivity contribution in [2.24, 2.45) is 0 Å². The highest BCUT2D eigenvalue weighted by Crippen LogP contribution is 2.43. The topological polar surface area (TPSA) is 132 Å². The molecule has 12 rings (SSSR count). The first-order valence-corrected chi connectivity index (χ1v) is 22.4. The Kier molecular flexibility index (Phi) is 9.82. The van der Waals surface area contributed by atoms with Crippen molar-refractivity contribution in [1.82, 2.24) is 19.5 Å². The average molecular weight is 893 g/mol. The highest BCUT2D eigenvalue weighted by Gasteiger charge is 2.21. The third-order valence-corrected chi connectivity index (χ3v) is 12.7. The molecule has 0 spiro atoms. The zero-order valence-corrected chi connectivity index (χ0v) is 37.0. The third kappa shape index (κ3) is 7.14. The summed E-state index contributed by atoms with van der Waals surface area (Å²) in [6.45, 7) is 7.77. The quantitative estimate of drug-likeness (QED) is 0.145. The van der Waals surface area contributed by atoms with Gasteiger partial charge in [-0.2, -0.15) is 15.8 Å². The Bertz CT molecular complexity index is 4040. The van der Waals surface area contributed by atoms with Crippen LogP contribution >= 0.6 is 0 Å². The van der Waals surface area contributed by atoms with Gasteiger partial charge in [-0.05, 0) is 125 Å². The molecule has 0 bridgehead atoms. The maximum Gasteiger partial charge on any atom is 0.189 e. The van der Waals surface area contributed by atoms with Crippen LogP contribution in [0.15, 0.2) is 199 Å². The monoisotopic (exact) mass is 892 g/mol. The second-order valence-electron chi connectivity index (χ2n) is 16.9. The Labute approximate surface area is 401 Å². The van der Waals surface area contributed by atoms with Crippen LogP contribution in [-0.4, -0.2) is 19.5 Å². The molecule has 0 unspecified atom stereocenters. The van der Waals surface area contributed by atoms with E-state index in [0.717, 1.165) is 99.5 Å². The first kappa shape index (κ1) is 41.0. The Morgan fingerprint density at radius 2 is 0.900 bits per heavy atom. The van der Waals surface area contributed by atoms with Crippen molar-refractivity contribution in [3.8, 4) is 91.4 Å². The van der Waals surface area contributed by atoms with Gasteiger partial charge in [0.2, 0.25) is 0 Å². The number of rotatable bonds is 7. The number of para-hydroxylation sites is 1. The molecule has 0 aliphatic heterocycles. The van der Waals surface area contributed by atoms with Gasteiger partial charge in [-0.3, -0.25) is 0 Å². The highest BCUT2D eigenvalue weighted by atomic mass is 16.3. The Hall–Kier alpha value is -10.5. The van der Waals surface area contributed by atoms with Gasteiger partial charge >= 0.3 is 0 Å². The average Bonchev–Trinajstić information content (AvgIpc) is 3.97. The van der Waals surface area contributed by atoms with Gasteiger partial charge in [-0.25, -0.2) is 19.8 Å². The molecule has 12 aromatic rings. The van der Waals surface area contributed by atoms with E-state index in [4.69, 9.17) is 25.9 Å². The van der Waals surface area contributed by atoms with E-state index in [9.17, 15) is 15.8 Å². The number of hydrogen-bond donors (Lipinski definition) is 0. The van der Waals surface area contributed by atoms with Crippen LogP contribution in [0, 0.1) is 40.6 Å². The molecule has 3 heterocycles. The molecule has 70 heavy (non-hydrogen) atoms. The third-order valence-electron chi connectivity index (χ3n) is 12.7. The maximum absolute atomic E-state index is 9.91. The van der Waals surface area contributed by atoms with Crippen LogP contribution in [0.25, 0.3) is 122 Å². The predicted molar refractivity (Wildman–Crippen MR) is 274 cm³/mol. The molecule has 3 aromatic heterocycles. The zero-order chi connectivity index (χ0) is 47.3. The smallest absolute Gasteiger partial charge is 0.189 e. The van der Waals surface area contributed by atoms with Crippen LogP contribution in [0.1, 0.15) is 16.7 Å². The SMILES string of the molecule is [C-]#[N+]c1cc(C#N)cc(-c2ccc3c(c2)c2cc(-c4cc(C#N)cc(C#N)c4)ccc2n3-c2ccc(-c3nc(-c4ccccc4)nc(-c4ccccc4)n3)cc2-c2ccc3oc4ccccc4c3c2)c1. The predicted octanol–water partition coefficient (Wildman–Crippen LogP) is 15.0. The molecule has 0 radical (unpaired) electrons. The van der Waals surface area contributed by atoms with Crippen molar-refractivity contribution in [2.45, 2.75) is 0 Å². The van der Waals surface area contributed by atoms with Crippen molar-refractivity contribution in [3.63, 3.8) is 0 Å². The number of benzene rings is 9. The van der Waals surface area contributed by atoms with E-state index in [1.165, 1.54) is 0 Å². The summed E-state index contributed by atoms with van der Waals surface area (Å²) in [5.41, 5.74) is 13.4. The highest BCUT2D eigenvalue weighted by molar-refractivity contribution is 6.13. The van der Waals surface area contributed by atoms with Crippen molar-refractivity contribution in [3.05, 3.63) is 222 Å². The second kappa shape index (κ2) is 16.8. The molecular formula is C61H32N8O. The van der Waals surface area contributed by atoms with Crippen LogP contribution in [0.4, 0.5) is 5.69 Å². The largest absolute Gasteiger partial charge is 0.456 e. The summed E-state index contributed by atoms with van der Waals surface area (Å²) in [6.07, 6.45) is 0. The second-order valence-corrected chi connectivity index (χ2v) is 16.9. The molecule has 9 heteroatoms. The molecule has 0 atom stereocenters. The normalized spacial score (nSPS) is 11.1. The number of nitrogens with zero attached hydrogens (tertiary/aromatic N) is 8. The van der Waals surface area contributed by atoms with E-state index >= 15 is 0 Å². The lowest BCUT2D eigenvalue weighted by molar-refractivity contribution is 0.669. The lowest BCUT2D eigenvalue weighted by Crippen LogP contribution is -2.02. The van der Waals surface area contributed by atoms with E-state index in [1.807, 2.05) is 97.1 Å². The molecule has 0 aliphatic carbocycles. The van der Waals surface area contributed by atoms with E-state index in [1.54, 1.807) is 36.4 Å². The zero-order valence-electron chi connectivity index (χ0n) is 37.0. The number of furan rings is 1. The minimum Gasteiger partial charge on any atom is -0.456 e. The summed E-state index contributed by atoms with van der Waals surface area (Å²) < 4.78 is 8.58. The van der Waals surface area contributed by atoms with Gasteiger partial charge in [-0.1, -0.05) is 97.1 Å². The summed E-state index contributed by atoms with van der Waals surface area (Å²) in [4.78, 5) is 18.9. The number of aromatic nitrogens is 4. The van der Waals surface area contributed by atoms with Crippen molar-refractivity contribution in [2.75, 3.05) is 0 Å². The van der Waals surface area contributed by atoms with Gasteiger partial charge in [-0.15, -0.1) is 0 Å². The molecule has 9 nitrogen and oxygen atoms in total. The fourth-order valence-electron chi connectivity index (χ4n) is 9.40. The molecular weight excluding hydrogens is 861 g/mol. The van der Waals surface area contributed by atoms with Gasteiger partial charge in [0.15, 0.2) is 23.2 Å². The molecule has 322 valence electrons. The van der Waals surface area contributed by atoms with Crippen molar-refractivity contribution in [1.29, 1.82) is 15.8 Å². The minimum absolute atomic E-state index is 0.376. The van der Waals surface area contributed by atoms with Gasteiger partial charge in [0, 0.05) is 49.4 Å². The van der Waals surface area contributed by atoms with E-state index < -0.39 is 0 Å². The summed E-state index contributed by atoms with van der Waals surface area (Å²) >= 11 is 0. The van der Waals surface area contributed by atoms with Gasteiger partial charge in [0.1, 0.15) is 11.2 Å². The van der Waals surface area contributed by atoms with Gasteiger partial charge < -0.3 is 8.98 Å². The van der Waals surface area contributed by atoms with Gasteiger partial charge in [0.25, 0.3) is 0 Å². The van der Waals surface area contributed by atoms with Crippen LogP contribution in [0.5, 0.6) is 0 Å². The first-order valence-electron chi connectivity index (χ1n) is 22.4. The molecule has 0 fully saturated rings. The van der Waals surface area contributed by atoms with Crippen molar-refractivity contribution >= 4 is 49.4 Å². The summed E-state index contributed by atoms with van der Waals surface area (Å²) in [5.74, 6) is 1.63. The first-order chi connectivity index (χ1) is 34.4. The Balaban J connectivity index is 1.14. The summed E-state index contributed by atoms with van der Waals surface area (Å²) in [6, 6.07) is 69.9. The minimum atomic E-state index is 0.376. The van der Waals surface area contributed by atoms with Crippen LogP contribution in [-0.2, 0) is 0 Å². The standard InChI is InChI=1S/C61H32N8O/c1-65-48-28-39(36-64)27-47(29-48)43-17-21-56-52(31-43)51-30-42(46-25-37(34-62)24-38(26-46)35-63)16-20-55(51)69(56)54-22-18-45(33-50(54)44-19-23-58-53(32-44)49-14-8-9-15-57(49)70-58)61-67-59(40-10-4-2-5-11-40)66-60(68-61)41-12-6-3-7-13-41/h2-33H. The summed E-state index contributed by atoms with van der Waals surface area (Å²) in [5, 5.41) is 33.6. The lowest BCUT2D eigenvalue weighted by Gasteiger charge is -2.17. The molecule has 0 amide bonds. The van der Waals surface area contributed by atoms with Crippen LogP contribution < -0.4 is 0 Å². The van der Waals surface area contributed by atoms with Crippen LogP contribution in [0.2, 0.25) is 0 Å². The fourth-order valence-corrected chi connectivity index (χ4v) is 9.40. The molecule has 0 saturated heterocycles. The number of nitriles is 3. The Morgan fingerprint density at radius 3 is 1.50 bits per heavy atom. The number of hydrogen-bond acceptors (Lipinski definition) is 7.